The third-order valence-corrected chi connectivity index (χ3v) is 1.99. The minimum absolute atomic E-state index is 0.0363. The van der Waals surface area contributed by atoms with Crippen LogP contribution in [0.4, 0.5) is 0 Å². The summed E-state index contributed by atoms with van der Waals surface area (Å²) >= 11 is 0. The smallest absolute Gasteiger partial charge is 0.0790 e. The predicted molar refractivity (Wildman–Crippen MR) is 55.5 cm³/mol. The van der Waals surface area contributed by atoms with Gasteiger partial charge in [-0.25, -0.2) is 0 Å². The number of hydrogen-bond acceptors (Lipinski definition) is 2. The van der Waals surface area contributed by atoms with Gasteiger partial charge in [0.25, 0.3) is 0 Å². The molecule has 0 aromatic rings. The standard InChI is InChI=1S/C11H20O2/c1-4-5-6-11(13)10(7-8-12)9(2)3/h7,11-13H,2,4-6,8H2,1,3H3/b10-7-. The van der Waals surface area contributed by atoms with Crippen molar-refractivity contribution in [1.82, 2.24) is 0 Å². The predicted octanol–water partition coefficient (Wildman–Crippen LogP) is 2.03. The van der Waals surface area contributed by atoms with Crippen LogP contribution in [-0.2, 0) is 0 Å². The molecule has 0 rings (SSSR count). The van der Waals surface area contributed by atoms with Crippen molar-refractivity contribution in [3.8, 4) is 0 Å². The van der Waals surface area contributed by atoms with E-state index in [1.807, 2.05) is 6.92 Å². The second kappa shape index (κ2) is 6.87. The van der Waals surface area contributed by atoms with E-state index >= 15 is 0 Å². The van der Waals surface area contributed by atoms with Gasteiger partial charge in [-0.05, 0) is 18.9 Å². The summed E-state index contributed by atoms with van der Waals surface area (Å²) < 4.78 is 0. The van der Waals surface area contributed by atoms with E-state index in [0.717, 1.165) is 30.4 Å². The molecular weight excluding hydrogens is 164 g/mol. The van der Waals surface area contributed by atoms with Crippen LogP contribution in [0.15, 0.2) is 23.8 Å². The summed E-state index contributed by atoms with van der Waals surface area (Å²) in [5.41, 5.74) is 1.61. The summed E-state index contributed by atoms with van der Waals surface area (Å²) in [6.07, 6.45) is 3.97. The number of aliphatic hydroxyl groups excluding tert-OH is 2. The largest absolute Gasteiger partial charge is 0.392 e. The Hall–Kier alpha value is -0.600. The quantitative estimate of drug-likeness (QED) is 0.620. The Kier molecular flexibility index (Phi) is 6.55. The normalized spacial score (nSPS) is 14.3. The summed E-state index contributed by atoms with van der Waals surface area (Å²) in [6.45, 7) is 7.66. The molecule has 0 radical (unpaired) electrons. The third kappa shape index (κ3) is 4.86. The molecule has 0 aliphatic carbocycles. The highest BCUT2D eigenvalue weighted by atomic mass is 16.3. The Labute approximate surface area is 80.6 Å². The highest BCUT2D eigenvalue weighted by Crippen LogP contribution is 2.16. The van der Waals surface area contributed by atoms with Crippen molar-refractivity contribution in [1.29, 1.82) is 0 Å². The summed E-state index contributed by atoms with van der Waals surface area (Å²) in [4.78, 5) is 0. The van der Waals surface area contributed by atoms with Gasteiger partial charge in [0, 0.05) is 0 Å². The average Bonchev–Trinajstić information content (AvgIpc) is 2.09. The van der Waals surface area contributed by atoms with Gasteiger partial charge in [0.15, 0.2) is 0 Å². The topological polar surface area (TPSA) is 40.5 Å². The number of aliphatic hydroxyl groups is 2. The number of unbranched alkanes of at least 4 members (excludes halogenated alkanes) is 1. The molecule has 0 aromatic carbocycles. The van der Waals surface area contributed by atoms with Gasteiger partial charge >= 0.3 is 0 Å². The van der Waals surface area contributed by atoms with Crippen molar-refractivity contribution in [3.63, 3.8) is 0 Å². The van der Waals surface area contributed by atoms with Crippen molar-refractivity contribution >= 4 is 0 Å². The van der Waals surface area contributed by atoms with E-state index in [1.165, 1.54) is 0 Å². The SMILES string of the molecule is C=C(C)/C(=C/CO)C(O)CCCC. The first-order chi connectivity index (χ1) is 6.13. The lowest BCUT2D eigenvalue weighted by Gasteiger charge is -2.14. The molecule has 0 heterocycles. The van der Waals surface area contributed by atoms with Gasteiger partial charge in [-0.1, -0.05) is 38.0 Å². The first-order valence-corrected chi connectivity index (χ1v) is 4.78. The maximum absolute atomic E-state index is 9.70. The Morgan fingerprint density at radius 3 is 2.54 bits per heavy atom. The second-order valence-corrected chi connectivity index (χ2v) is 3.28. The Bertz CT molecular complexity index is 183. The molecule has 0 spiro atoms. The monoisotopic (exact) mass is 184 g/mol. The van der Waals surface area contributed by atoms with E-state index < -0.39 is 6.10 Å². The van der Waals surface area contributed by atoms with Crippen LogP contribution in [0.3, 0.4) is 0 Å². The van der Waals surface area contributed by atoms with Crippen LogP contribution >= 0.6 is 0 Å². The highest BCUT2D eigenvalue weighted by molar-refractivity contribution is 5.29. The van der Waals surface area contributed by atoms with Crippen LogP contribution < -0.4 is 0 Å². The van der Waals surface area contributed by atoms with E-state index in [9.17, 15) is 5.11 Å². The fourth-order valence-electron chi connectivity index (χ4n) is 1.25. The number of rotatable bonds is 6. The van der Waals surface area contributed by atoms with Crippen LogP contribution in [0, 0.1) is 0 Å². The molecule has 0 aliphatic heterocycles. The minimum Gasteiger partial charge on any atom is -0.392 e. The van der Waals surface area contributed by atoms with Gasteiger partial charge < -0.3 is 10.2 Å². The van der Waals surface area contributed by atoms with Crippen molar-refractivity contribution < 1.29 is 10.2 Å². The highest BCUT2D eigenvalue weighted by Gasteiger charge is 2.09. The molecule has 2 nitrogen and oxygen atoms in total. The van der Waals surface area contributed by atoms with Crippen LogP contribution in [-0.4, -0.2) is 22.9 Å². The third-order valence-electron chi connectivity index (χ3n) is 1.99. The van der Waals surface area contributed by atoms with Gasteiger partial charge in [-0.15, -0.1) is 0 Å². The van der Waals surface area contributed by atoms with Crippen LogP contribution in [0.25, 0.3) is 0 Å². The lowest BCUT2D eigenvalue weighted by molar-refractivity contribution is 0.197. The molecule has 0 saturated heterocycles. The van der Waals surface area contributed by atoms with Gasteiger partial charge in [0.1, 0.15) is 0 Å². The Balaban J connectivity index is 4.20. The van der Waals surface area contributed by atoms with Crippen LogP contribution in [0.5, 0.6) is 0 Å². The van der Waals surface area contributed by atoms with Gasteiger partial charge in [0.2, 0.25) is 0 Å². The van der Waals surface area contributed by atoms with E-state index in [1.54, 1.807) is 6.08 Å². The van der Waals surface area contributed by atoms with Crippen molar-refractivity contribution in [2.45, 2.75) is 39.2 Å². The van der Waals surface area contributed by atoms with Crippen molar-refractivity contribution in [2.24, 2.45) is 0 Å². The number of hydrogen-bond donors (Lipinski definition) is 2. The molecule has 0 saturated carbocycles. The van der Waals surface area contributed by atoms with Crippen LogP contribution in [0.1, 0.15) is 33.1 Å². The molecule has 1 atom stereocenters. The molecule has 0 bridgehead atoms. The lowest BCUT2D eigenvalue weighted by atomic mass is 9.98. The second-order valence-electron chi connectivity index (χ2n) is 3.28. The molecule has 0 amide bonds. The summed E-state index contributed by atoms with van der Waals surface area (Å²) in [5.74, 6) is 0. The Morgan fingerprint density at radius 2 is 2.15 bits per heavy atom. The van der Waals surface area contributed by atoms with E-state index in [4.69, 9.17) is 5.11 Å². The fourth-order valence-corrected chi connectivity index (χ4v) is 1.25. The Morgan fingerprint density at radius 1 is 1.54 bits per heavy atom. The fraction of sp³-hybridized carbons (Fsp3) is 0.636. The zero-order chi connectivity index (χ0) is 10.3. The molecule has 2 heteroatoms. The molecule has 2 N–H and O–H groups in total. The van der Waals surface area contributed by atoms with Crippen molar-refractivity contribution in [3.05, 3.63) is 23.8 Å². The zero-order valence-corrected chi connectivity index (χ0v) is 8.58. The molecule has 0 aromatic heterocycles. The lowest BCUT2D eigenvalue weighted by Crippen LogP contribution is -2.11. The van der Waals surface area contributed by atoms with E-state index in [-0.39, 0.29) is 6.61 Å². The van der Waals surface area contributed by atoms with E-state index in [2.05, 4.69) is 13.5 Å². The molecular formula is C11H20O2. The minimum atomic E-state index is -0.468. The van der Waals surface area contributed by atoms with Gasteiger partial charge in [0.05, 0.1) is 12.7 Å². The average molecular weight is 184 g/mol. The first-order valence-electron chi connectivity index (χ1n) is 4.78. The van der Waals surface area contributed by atoms with E-state index in [0.29, 0.717) is 0 Å². The molecule has 0 aliphatic rings. The summed E-state index contributed by atoms with van der Waals surface area (Å²) in [6, 6.07) is 0. The zero-order valence-electron chi connectivity index (χ0n) is 8.58. The first kappa shape index (κ1) is 12.4. The van der Waals surface area contributed by atoms with Gasteiger partial charge in [-0.3, -0.25) is 0 Å². The molecule has 0 fully saturated rings. The molecule has 13 heavy (non-hydrogen) atoms. The molecule has 1 unspecified atom stereocenters. The van der Waals surface area contributed by atoms with Crippen molar-refractivity contribution in [2.75, 3.05) is 6.61 Å². The van der Waals surface area contributed by atoms with Crippen LogP contribution in [0.2, 0.25) is 0 Å². The van der Waals surface area contributed by atoms with Gasteiger partial charge in [-0.2, -0.15) is 0 Å². The maximum atomic E-state index is 9.70. The molecule has 76 valence electrons. The summed E-state index contributed by atoms with van der Waals surface area (Å²) in [5, 5.41) is 18.4. The summed E-state index contributed by atoms with van der Waals surface area (Å²) in [7, 11) is 0. The maximum Gasteiger partial charge on any atom is 0.0790 e.